The second-order valence-corrected chi connectivity index (χ2v) is 12.3. The Kier molecular flexibility index (Phi) is 8.89. The zero-order valence-electron chi connectivity index (χ0n) is 22.1. The molecular weight excluding hydrogens is 458 g/mol. The van der Waals surface area contributed by atoms with E-state index in [0.29, 0.717) is 38.6 Å². The van der Waals surface area contributed by atoms with Gasteiger partial charge in [-0.15, -0.1) is 0 Å². The van der Waals surface area contributed by atoms with E-state index in [1.807, 2.05) is 27.7 Å². The summed E-state index contributed by atoms with van der Waals surface area (Å²) in [4.78, 5) is 23.7. The monoisotopic (exact) mass is 502 g/mol. The van der Waals surface area contributed by atoms with E-state index in [2.05, 4.69) is 0 Å². The second kappa shape index (κ2) is 11.0. The molecule has 8 heteroatoms. The molecule has 0 heterocycles. The molecule has 3 unspecified atom stereocenters. The Morgan fingerprint density at radius 1 is 0.886 bits per heavy atom. The Labute approximate surface area is 208 Å². The van der Waals surface area contributed by atoms with Crippen LogP contribution in [0.15, 0.2) is 0 Å². The van der Waals surface area contributed by atoms with E-state index in [4.69, 9.17) is 18.9 Å². The van der Waals surface area contributed by atoms with Crippen molar-refractivity contribution in [2.45, 2.75) is 105 Å². The van der Waals surface area contributed by atoms with Gasteiger partial charge in [0.25, 0.3) is 0 Å². The van der Waals surface area contributed by atoms with Crippen molar-refractivity contribution in [3.05, 3.63) is 0 Å². The Hall–Kier alpha value is -1.28. The van der Waals surface area contributed by atoms with Crippen molar-refractivity contribution in [1.82, 2.24) is 0 Å². The first-order valence-corrected chi connectivity index (χ1v) is 13.2. The first-order valence-electron chi connectivity index (χ1n) is 13.2. The highest BCUT2D eigenvalue weighted by molar-refractivity contribution is 5.77. The molecule has 4 saturated carbocycles. The maximum absolute atomic E-state index is 13.3. The van der Waals surface area contributed by atoms with E-state index >= 15 is 0 Å². The third-order valence-corrected chi connectivity index (χ3v) is 8.36. The standard InChI is InChI=1S/C27H44F2O6/c1-6-24(3,4)22(30)33-10-8-7-9-32-19(2)34-17-26-12-20-11-21(13-26)15-27(14-20,16-26)18-35-23(31)25(5,28)29/h19-21H,6-18H2,1-5H3. The number of rotatable bonds is 14. The molecule has 0 aromatic carbocycles. The van der Waals surface area contributed by atoms with Gasteiger partial charge in [-0.3, -0.25) is 4.79 Å². The molecule has 35 heavy (non-hydrogen) atoms. The minimum atomic E-state index is -3.45. The van der Waals surface area contributed by atoms with E-state index in [1.165, 1.54) is 6.42 Å². The first-order chi connectivity index (χ1) is 16.3. The van der Waals surface area contributed by atoms with Gasteiger partial charge >= 0.3 is 17.9 Å². The van der Waals surface area contributed by atoms with Gasteiger partial charge in [-0.2, -0.15) is 8.78 Å². The van der Waals surface area contributed by atoms with Crippen LogP contribution in [0.5, 0.6) is 0 Å². The summed E-state index contributed by atoms with van der Waals surface area (Å²) < 4.78 is 49.0. The first kappa shape index (κ1) is 28.3. The fraction of sp³-hybridized carbons (Fsp3) is 0.926. The fourth-order valence-corrected chi connectivity index (χ4v) is 6.63. The normalized spacial score (nSPS) is 30.8. The molecule has 4 rings (SSSR count). The lowest BCUT2D eigenvalue weighted by Gasteiger charge is -2.61. The number of hydrogen-bond donors (Lipinski definition) is 0. The molecule has 4 fully saturated rings. The van der Waals surface area contributed by atoms with Crippen molar-refractivity contribution in [3.63, 3.8) is 0 Å². The van der Waals surface area contributed by atoms with Crippen LogP contribution in [0.3, 0.4) is 0 Å². The minimum absolute atomic E-state index is 0.00310. The fourth-order valence-electron chi connectivity index (χ4n) is 6.63. The highest BCUT2D eigenvalue weighted by Gasteiger charge is 2.58. The van der Waals surface area contributed by atoms with E-state index in [0.717, 1.165) is 51.4 Å². The van der Waals surface area contributed by atoms with Crippen LogP contribution in [-0.4, -0.2) is 50.6 Å². The highest BCUT2D eigenvalue weighted by atomic mass is 19.3. The molecule has 0 aliphatic heterocycles. The Balaban J connectivity index is 1.39. The number of carbonyl (C=O) groups is 2. The summed E-state index contributed by atoms with van der Waals surface area (Å²) in [6.45, 7) is 9.81. The maximum Gasteiger partial charge on any atom is 0.376 e. The van der Waals surface area contributed by atoms with Gasteiger partial charge in [0.2, 0.25) is 0 Å². The molecule has 0 spiro atoms. The number of carbonyl (C=O) groups excluding carboxylic acids is 2. The number of alkyl halides is 2. The Bertz CT molecular complexity index is 732. The smallest absolute Gasteiger partial charge is 0.376 e. The molecule has 0 amide bonds. The quantitative estimate of drug-likeness (QED) is 0.167. The summed E-state index contributed by atoms with van der Waals surface area (Å²) >= 11 is 0. The molecular formula is C27H44F2O6. The highest BCUT2D eigenvalue weighted by Crippen LogP contribution is 2.65. The van der Waals surface area contributed by atoms with Crippen molar-refractivity contribution in [2.75, 3.05) is 26.4 Å². The van der Waals surface area contributed by atoms with Crippen molar-refractivity contribution in [1.29, 1.82) is 0 Å². The minimum Gasteiger partial charge on any atom is -0.465 e. The molecule has 4 bridgehead atoms. The second-order valence-electron chi connectivity index (χ2n) is 12.3. The van der Waals surface area contributed by atoms with Crippen LogP contribution in [0.4, 0.5) is 8.78 Å². The molecule has 0 aromatic rings. The maximum atomic E-state index is 13.3. The number of halogens is 2. The number of ether oxygens (including phenoxy) is 4. The Morgan fingerprint density at radius 3 is 2.03 bits per heavy atom. The number of esters is 2. The largest absolute Gasteiger partial charge is 0.465 e. The van der Waals surface area contributed by atoms with Crippen LogP contribution in [0.2, 0.25) is 0 Å². The van der Waals surface area contributed by atoms with Gasteiger partial charge in [0.1, 0.15) is 0 Å². The molecule has 0 radical (unpaired) electrons. The van der Waals surface area contributed by atoms with E-state index in [1.54, 1.807) is 0 Å². The summed E-state index contributed by atoms with van der Waals surface area (Å²) in [6.07, 6.45) is 7.98. The molecule has 202 valence electrons. The zero-order chi connectivity index (χ0) is 25.9. The molecule has 6 nitrogen and oxygen atoms in total. The van der Waals surface area contributed by atoms with E-state index in [-0.39, 0.29) is 29.7 Å². The van der Waals surface area contributed by atoms with Crippen molar-refractivity contribution < 1.29 is 37.3 Å². The average Bonchev–Trinajstić information content (AvgIpc) is 2.76. The lowest BCUT2D eigenvalue weighted by molar-refractivity contribution is -0.206. The van der Waals surface area contributed by atoms with Gasteiger partial charge in [0, 0.05) is 18.9 Å². The summed E-state index contributed by atoms with van der Waals surface area (Å²) in [5.74, 6) is -3.97. The molecule has 3 atom stereocenters. The van der Waals surface area contributed by atoms with Crippen molar-refractivity contribution >= 4 is 11.9 Å². The van der Waals surface area contributed by atoms with Crippen molar-refractivity contribution in [3.8, 4) is 0 Å². The molecule has 4 aliphatic rings. The van der Waals surface area contributed by atoms with Gasteiger partial charge < -0.3 is 18.9 Å². The summed E-state index contributed by atoms with van der Waals surface area (Å²) in [5.41, 5.74) is -0.650. The van der Waals surface area contributed by atoms with Crippen LogP contribution in [-0.2, 0) is 28.5 Å². The number of unbranched alkanes of at least 4 members (excludes halogenated alkanes) is 1. The van der Waals surface area contributed by atoms with Gasteiger partial charge in [-0.05, 0) is 95.8 Å². The lowest BCUT2D eigenvalue weighted by atomic mass is 9.44. The average molecular weight is 503 g/mol. The predicted octanol–water partition coefficient (Wildman–Crippen LogP) is 5.91. The summed E-state index contributed by atoms with van der Waals surface area (Å²) in [5, 5.41) is 0. The summed E-state index contributed by atoms with van der Waals surface area (Å²) in [7, 11) is 0. The predicted molar refractivity (Wildman–Crippen MR) is 127 cm³/mol. The van der Waals surface area contributed by atoms with Gasteiger partial charge in [-0.1, -0.05) is 6.92 Å². The zero-order valence-corrected chi connectivity index (χ0v) is 22.1. The SMILES string of the molecule is CCC(C)(C)C(=O)OCCCCOC(C)OCC12CC3CC(CC(COC(=O)C(C)(F)F)(C3)C1)C2. The van der Waals surface area contributed by atoms with Crippen molar-refractivity contribution in [2.24, 2.45) is 28.1 Å². The van der Waals surface area contributed by atoms with Gasteiger partial charge in [0.15, 0.2) is 6.29 Å². The van der Waals surface area contributed by atoms with Crippen LogP contribution in [0.1, 0.15) is 92.4 Å². The number of hydrogen-bond acceptors (Lipinski definition) is 6. The van der Waals surface area contributed by atoms with Crippen LogP contribution >= 0.6 is 0 Å². The molecule has 4 aliphatic carbocycles. The molecule has 0 aromatic heterocycles. The van der Waals surface area contributed by atoms with Gasteiger partial charge in [-0.25, -0.2) is 4.79 Å². The Morgan fingerprint density at radius 2 is 1.46 bits per heavy atom. The van der Waals surface area contributed by atoms with Crippen LogP contribution in [0, 0.1) is 28.1 Å². The third-order valence-electron chi connectivity index (χ3n) is 8.36. The third kappa shape index (κ3) is 7.37. The van der Waals surface area contributed by atoms with Crippen LogP contribution < -0.4 is 0 Å². The van der Waals surface area contributed by atoms with Crippen LogP contribution in [0.25, 0.3) is 0 Å². The summed E-state index contributed by atoms with van der Waals surface area (Å²) in [6, 6.07) is 0. The van der Waals surface area contributed by atoms with E-state index in [9.17, 15) is 18.4 Å². The lowest BCUT2D eigenvalue weighted by Crippen LogP contribution is -2.55. The van der Waals surface area contributed by atoms with E-state index < -0.39 is 17.3 Å². The topological polar surface area (TPSA) is 71.1 Å². The van der Waals surface area contributed by atoms with Gasteiger partial charge in [0.05, 0.1) is 25.2 Å². The molecule has 0 saturated heterocycles. The molecule has 0 N–H and O–H groups in total.